The number of rotatable bonds is 4. The largest absolute Gasteiger partial charge is 0.313 e. The van der Waals surface area contributed by atoms with E-state index in [2.05, 4.69) is 47.0 Å². The van der Waals surface area contributed by atoms with E-state index in [1.54, 1.807) is 12.1 Å². The zero-order chi connectivity index (χ0) is 14.7. The Labute approximate surface area is 137 Å². The molecule has 0 aliphatic rings. The van der Waals surface area contributed by atoms with Crippen LogP contribution in [0.15, 0.2) is 36.4 Å². The van der Waals surface area contributed by atoms with E-state index in [0.29, 0.717) is 17.0 Å². The third-order valence-electron chi connectivity index (χ3n) is 3.38. The van der Waals surface area contributed by atoms with Gasteiger partial charge in [-0.3, -0.25) is 0 Å². The van der Waals surface area contributed by atoms with Crippen LogP contribution in [0.3, 0.4) is 0 Å². The van der Waals surface area contributed by atoms with E-state index in [9.17, 15) is 4.39 Å². The molecule has 0 aliphatic carbocycles. The molecule has 2 aromatic rings. The van der Waals surface area contributed by atoms with Crippen LogP contribution in [0.25, 0.3) is 0 Å². The molecule has 0 bridgehead atoms. The van der Waals surface area contributed by atoms with Crippen LogP contribution >= 0.6 is 34.2 Å². The predicted octanol–water partition coefficient (Wildman–Crippen LogP) is 4.90. The van der Waals surface area contributed by atoms with E-state index < -0.39 is 0 Å². The predicted molar refractivity (Wildman–Crippen MR) is 90.8 cm³/mol. The third kappa shape index (κ3) is 3.51. The van der Waals surface area contributed by atoms with Gasteiger partial charge in [-0.1, -0.05) is 29.8 Å². The first-order valence-corrected chi connectivity index (χ1v) is 7.84. The van der Waals surface area contributed by atoms with E-state index in [-0.39, 0.29) is 11.9 Å². The highest BCUT2D eigenvalue weighted by Crippen LogP contribution is 2.27. The molecule has 20 heavy (non-hydrogen) atoms. The molecule has 0 aromatic heterocycles. The minimum absolute atomic E-state index is 0.0646. The standard InChI is InChI=1S/C16H16ClFIN/c1-10-4-3-5-13(16(10)19)15(20-2)9-11-8-12(17)6-7-14(11)18/h3-8,15,20H,9H2,1-2H3. The van der Waals surface area contributed by atoms with Crippen molar-refractivity contribution in [2.75, 3.05) is 7.05 Å². The molecule has 0 spiro atoms. The smallest absolute Gasteiger partial charge is 0.126 e. The number of hydrogen-bond acceptors (Lipinski definition) is 1. The minimum Gasteiger partial charge on any atom is -0.313 e. The van der Waals surface area contributed by atoms with Crippen LogP contribution < -0.4 is 5.32 Å². The van der Waals surface area contributed by atoms with Crippen molar-refractivity contribution < 1.29 is 4.39 Å². The van der Waals surface area contributed by atoms with Gasteiger partial charge in [-0.15, -0.1) is 0 Å². The lowest BCUT2D eigenvalue weighted by Gasteiger charge is -2.20. The Morgan fingerprint density at radius 1 is 1.30 bits per heavy atom. The summed E-state index contributed by atoms with van der Waals surface area (Å²) in [5, 5.41) is 3.83. The van der Waals surface area contributed by atoms with E-state index in [4.69, 9.17) is 11.6 Å². The quantitative estimate of drug-likeness (QED) is 0.716. The fourth-order valence-corrected chi connectivity index (χ4v) is 3.16. The van der Waals surface area contributed by atoms with Gasteiger partial charge in [-0.2, -0.15) is 0 Å². The summed E-state index contributed by atoms with van der Waals surface area (Å²) in [5.41, 5.74) is 3.05. The first-order valence-electron chi connectivity index (χ1n) is 6.39. The summed E-state index contributed by atoms with van der Waals surface area (Å²) in [5.74, 6) is -0.211. The van der Waals surface area contributed by atoms with Crippen LogP contribution in [0.1, 0.15) is 22.7 Å². The van der Waals surface area contributed by atoms with Gasteiger partial charge in [-0.25, -0.2) is 4.39 Å². The molecule has 2 rings (SSSR count). The van der Waals surface area contributed by atoms with Gasteiger partial charge in [0, 0.05) is 14.6 Å². The molecule has 0 radical (unpaired) electrons. The molecule has 0 saturated heterocycles. The zero-order valence-corrected chi connectivity index (χ0v) is 14.3. The molecule has 0 heterocycles. The van der Waals surface area contributed by atoms with Crippen molar-refractivity contribution >= 4 is 34.2 Å². The number of nitrogens with one attached hydrogen (secondary N) is 1. The Hall–Kier alpha value is -0.650. The Kier molecular flexibility index (Phi) is 5.41. The monoisotopic (exact) mass is 403 g/mol. The van der Waals surface area contributed by atoms with Crippen molar-refractivity contribution in [2.45, 2.75) is 19.4 Å². The molecule has 4 heteroatoms. The van der Waals surface area contributed by atoms with E-state index >= 15 is 0 Å². The molecule has 0 aliphatic heterocycles. The molecule has 1 N–H and O–H groups in total. The molecule has 1 nitrogen and oxygen atoms in total. The zero-order valence-electron chi connectivity index (χ0n) is 11.4. The fourth-order valence-electron chi connectivity index (χ4n) is 2.23. The molecule has 2 aromatic carbocycles. The summed E-state index contributed by atoms with van der Waals surface area (Å²) in [6.07, 6.45) is 0.572. The Bertz CT molecular complexity index is 615. The molecule has 0 amide bonds. The SMILES string of the molecule is CNC(Cc1cc(Cl)ccc1F)c1cccc(C)c1I. The van der Waals surface area contributed by atoms with Gasteiger partial charge in [0.05, 0.1) is 0 Å². The summed E-state index contributed by atoms with van der Waals surface area (Å²) < 4.78 is 15.1. The lowest BCUT2D eigenvalue weighted by Crippen LogP contribution is -2.20. The summed E-state index contributed by atoms with van der Waals surface area (Å²) in [7, 11) is 1.89. The first kappa shape index (κ1) is 15.7. The Morgan fingerprint density at radius 3 is 2.75 bits per heavy atom. The second-order valence-corrected chi connectivity index (χ2v) is 6.27. The number of hydrogen-bond donors (Lipinski definition) is 1. The molecule has 0 fully saturated rings. The van der Waals surface area contributed by atoms with E-state index in [1.807, 2.05) is 13.1 Å². The van der Waals surface area contributed by atoms with Crippen molar-refractivity contribution in [1.82, 2.24) is 5.32 Å². The van der Waals surface area contributed by atoms with Crippen LogP contribution in [-0.2, 0) is 6.42 Å². The lowest BCUT2D eigenvalue weighted by molar-refractivity contribution is 0.552. The number of benzene rings is 2. The van der Waals surface area contributed by atoms with Crippen molar-refractivity contribution in [2.24, 2.45) is 0 Å². The van der Waals surface area contributed by atoms with Crippen LogP contribution in [0.2, 0.25) is 5.02 Å². The Morgan fingerprint density at radius 2 is 2.05 bits per heavy atom. The number of aryl methyl sites for hydroxylation is 1. The lowest BCUT2D eigenvalue weighted by atomic mass is 9.97. The molecule has 106 valence electrons. The number of halogens is 3. The summed E-state index contributed by atoms with van der Waals surface area (Å²) in [6.45, 7) is 2.08. The Balaban J connectivity index is 2.34. The summed E-state index contributed by atoms with van der Waals surface area (Å²) >= 11 is 8.30. The van der Waals surface area contributed by atoms with Crippen LogP contribution in [0, 0.1) is 16.3 Å². The van der Waals surface area contributed by atoms with E-state index in [1.165, 1.54) is 20.8 Å². The second kappa shape index (κ2) is 6.87. The maximum atomic E-state index is 13.9. The van der Waals surface area contributed by atoms with Crippen LogP contribution in [0.5, 0.6) is 0 Å². The minimum atomic E-state index is -0.211. The van der Waals surface area contributed by atoms with Gasteiger partial charge in [0.15, 0.2) is 0 Å². The van der Waals surface area contributed by atoms with Crippen molar-refractivity contribution in [3.05, 3.63) is 67.5 Å². The van der Waals surface area contributed by atoms with Gasteiger partial charge >= 0.3 is 0 Å². The molecular weight excluding hydrogens is 388 g/mol. The normalized spacial score (nSPS) is 12.4. The van der Waals surface area contributed by atoms with Crippen LogP contribution in [-0.4, -0.2) is 7.05 Å². The highest BCUT2D eigenvalue weighted by Gasteiger charge is 2.16. The second-order valence-electron chi connectivity index (χ2n) is 4.76. The highest BCUT2D eigenvalue weighted by atomic mass is 127. The third-order valence-corrected chi connectivity index (χ3v) is 5.09. The van der Waals surface area contributed by atoms with E-state index in [0.717, 1.165) is 0 Å². The average Bonchev–Trinajstić information content (AvgIpc) is 2.43. The highest BCUT2D eigenvalue weighted by molar-refractivity contribution is 14.1. The maximum Gasteiger partial charge on any atom is 0.126 e. The fraction of sp³-hybridized carbons (Fsp3) is 0.250. The van der Waals surface area contributed by atoms with Crippen molar-refractivity contribution in [3.8, 4) is 0 Å². The van der Waals surface area contributed by atoms with Crippen LogP contribution in [0.4, 0.5) is 4.39 Å². The van der Waals surface area contributed by atoms with Gasteiger partial charge in [-0.05, 0) is 77.9 Å². The summed E-state index contributed by atoms with van der Waals surface area (Å²) in [6, 6.07) is 11.0. The van der Waals surface area contributed by atoms with Crippen molar-refractivity contribution in [1.29, 1.82) is 0 Å². The molecular formula is C16H16ClFIN. The average molecular weight is 404 g/mol. The summed E-state index contributed by atoms with van der Waals surface area (Å²) in [4.78, 5) is 0. The van der Waals surface area contributed by atoms with Gasteiger partial charge in [0.2, 0.25) is 0 Å². The number of likely N-dealkylation sites (N-methyl/N-ethyl adjacent to an activating group) is 1. The van der Waals surface area contributed by atoms with Crippen molar-refractivity contribution in [3.63, 3.8) is 0 Å². The topological polar surface area (TPSA) is 12.0 Å². The molecule has 1 unspecified atom stereocenters. The molecule has 0 saturated carbocycles. The first-order chi connectivity index (χ1) is 9.52. The van der Waals surface area contributed by atoms with Gasteiger partial charge < -0.3 is 5.32 Å². The van der Waals surface area contributed by atoms with Gasteiger partial charge in [0.1, 0.15) is 5.82 Å². The maximum absolute atomic E-state index is 13.9. The molecule has 1 atom stereocenters. The van der Waals surface area contributed by atoms with Gasteiger partial charge in [0.25, 0.3) is 0 Å².